The minimum absolute atomic E-state index is 0.0444. The monoisotopic (exact) mass is 417 g/mol. The van der Waals surface area contributed by atoms with Crippen molar-refractivity contribution in [1.29, 1.82) is 0 Å². The second kappa shape index (κ2) is 8.19. The predicted molar refractivity (Wildman–Crippen MR) is 102 cm³/mol. The molecule has 0 radical (unpaired) electrons. The number of ether oxygens (including phenoxy) is 2. The van der Waals surface area contributed by atoms with Gasteiger partial charge in [-0.3, -0.25) is 4.79 Å². The maximum atomic E-state index is 13.7. The first-order valence-corrected chi connectivity index (χ1v) is 8.76. The molecule has 4 nitrogen and oxygen atoms in total. The van der Waals surface area contributed by atoms with E-state index in [0.29, 0.717) is 11.0 Å². The molecule has 0 aliphatic heterocycles. The molecule has 26 heavy (non-hydrogen) atoms. The zero-order chi connectivity index (χ0) is 18.5. The SMILES string of the molecule is COc1ccc2cc(CNC(=O)COc3ccc(Br)cc3F)ccc2c1. The van der Waals surface area contributed by atoms with E-state index in [2.05, 4.69) is 21.2 Å². The molecule has 0 bridgehead atoms. The number of methoxy groups -OCH3 is 1. The number of benzene rings is 3. The van der Waals surface area contributed by atoms with Crippen LogP contribution in [0.15, 0.2) is 59.1 Å². The molecular weight excluding hydrogens is 401 g/mol. The van der Waals surface area contributed by atoms with Gasteiger partial charge in [0.25, 0.3) is 5.91 Å². The minimum Gasteiger partial charge on any atom is -0.497 e. The van der Waals surface area contributed by atoms with Gasteiger partial charge in [-0.2, -0.15) is 0 Å². The quantitative estimate of drug-likeness (QED) is 0.644. The third kappa shape index (κ3) is 4.52. The number of amides is 1. The average Bonchev–Trinajstić information content (AvgIpc) is 2.65. The molecule has 3 rings (SSSR count). The Morgan fingerprint density at radius 1 is 1.08 bits per heavy atom. The lowest BCUT2D eigenvalue weighted by molar-refractivity contribution is -0.123. The summed E-state index contributed by atoms with van der Waals surface area (Å²) in [6.45, 7) is 0.121. The molecule has 6 heteroatoms. The van der Waals surface area contributed by atoms with E-state index in [4.69, 9.17) is 9.47 Å². The molecular formula is C20H17BrFNO3. The van der Waals surface area contributed by atoms with E-state index in [1.54, 1.807) is 13.2 Å². The Balaban J connectivity index is 1.56. The van der Waals surface area contributed by atoms with Crippen LogP contribution >= 0.6 is 15.9 Å². The summed E-state index contributed by atoms with van der Waals surface area (Å²) in [4.78, 5) is 11.9. The summed E-state index contributed by atoms with van der Waals surface area (Å²) in [5, 5.41) is 4.89. The number of hydrogen-bond acceptors (Lipinski definition) is 3. The van der Waals surface area contributed by atoms with Gasteiger partial charge in [-0.1, -0.05) is 34.1 Å². The van der Waals surface area contributed by atoms with E-state index >= 15 is 0 Å². The number of rotatable bonds is 6. The van der Waals surface area contributed by atoms with Crippen LogP contribution in [-0.4, -0.2) is 19.6 Å². The van der Waals surface area contributed by atoms with Crippen LogP contribution in [0.4, 0.5) is 4.39 Å². The van der Waals surface area contributed by atoms with Crippen LogP contribution in [0.3, 0.4) is 0 Å². The summed E-state index contributed by atoms with van der Waals surface area (Å²) in [6.07, 6.45) is 0. The highest BCUT2D eigenvalue weighted by atomic mass is 79.9. The minimum atomic E-state index is -0.517. The molecule has 134 valence electrons. The number of halogens is 2. The Kier molecular flexibility index (Phi) is 5.73. The number of hydrogen-bond donors (Lipinski definition) is 1. The first kappa shape index (κ1) is 18.2. The zero-order valence-electron chi connectivity index (χ0n) is 14.1. The van der Waals surface area contributed by atoms with Crippen LogP contribution in [0.5, 0.6) is 11.5 Å². The fourth-order valence-corrected chi connectivity index (χ4v) is 2.83. The van der Waals surface area contributed by atoms with Crippen molar-refractivity contribution < 1.29 is 18.7 Å². The van der Waals surface area contributed by atoms with Crippen molar-refractivity contribution in [2.75, 3.05) is 13.7 Å². The third-order valence-corrected chi connectivity index (χ3v) is 4.35. The first-order valence-electron chi connectivity index (χ1n) is 7.96. The van der Waals surface area contributed by atoms with Crippen molar-refractivity contribution in [3.63, 3.8) is 0 Å². The summed E-state index contributed by atoms with van der Waals surface area (Å²) in [5.41, 5.74) is 0.964. The molecule has 0 aromatic heterocycles. The van der Waals surface area contributed by atoms with Gasteiger partial charge < -0.3 is 14.8 Å². The third-order valence-electron chi connectivity index (χ3n) is 3.85. The highest BCUT2D eigenvalue weighted by molar-refractivity contribution is 9.10. The topological polar surface area (TPSA) is 47.6 Å². The van der Waals surface area contributed by atoms with E-state index in [-0.39, 0.29) is 18.3 Å². The van der Waals surface area contributed by atoms with E-state index < -0.39 is 5.82 Å². The maximum absolute atomic E-state index is 13.7. The molecule has 0 fully saturated rings. The lowest BCUT2D eigenvalue weighted by Gasteiger charge is -2.09. The molecule has 0 heterocycles. The highest BCUT2D eigenvalue weighted by Crippen LogP contribution is 2.22. The summed E-state index contributed by atoms with van der Waals surface area (Å²) in [5.74, 6) is 0.0122. The van der Waals surface area contributed by atoms with Crippen molar-refractivity contribution in [1.82, 2.24) is 5.32 Å². The van der Waals surface area contributed by atoms with Crippen LogP contribution in [0, 0.1) is 5.82 Å². The Morgan fingerprint density at radius 3 is 2.62 bits per heavy atom. The van der Waals surface area contributed by atoms with Crippen LogP contribution in [0.25, 0.3) is 10.8 Å². The van der Waals surface area contributed by atoms with Crippen LogP contribution in [0.2, 0.25) is 0 Å². The summed E-state index contributed by atoms with van der Waals surface area (Å²) in [6, 6.07) is 16.2. The lowest BCUT2D eigenvalue weighted by Crippen LogP contribution is -2.28. The van der Waals surface area contributed by atoms with E-state index in [0.717, 1.165) is 22.1 Å². The second-order valence-electron chi connectivity index (χ2n) is 5.69. The molecule has 1 amide bonds. The van der Waals surface area contributed by atoms with Gasteiger partial charge >= 0.3 is 0 Å². The fraction of sp³-hybridized carbons (Fsp3) is 0.150. The van der Waals surface area contributed by atoms with E-state index in [9.17, 15) is 9.18 Å². The smallest absolute Gasteiger partial charge is 0.258 e. The molecule has 0 atom stereocenters. The van der Waals surface area contributed by atoms with Crippen molar-refractivity contribution in [2.24, 2.45) is 0 Å². The van der Waals surface area contributed by atoms with Crippen molar-refractivity contribution in [3.8, 4) is 11.5 Å². The number of carbonyl (C=O) groups is 1. The van der Waals surface area contributed by atoms with Gasteiger partial charge in [0.2, 0.25) is 0 Å². The zero-order valence-corrected chi connectivity index (χ0v) is 15.7. The molecule has 0 aliphatic rings. The standard InChI is InChI=1S/C20H17BrFNO3/c1-25-17-6-4-14-8-13(2-3-15(14)9-17)11-23-20(24)12-26-19-7-5-16(21)10-18(19)22/h2-10H,11-12H2,1H3,(H,23,24). The van der Waals surface area contributed by atoms with Crippen molar-refractivity contribution in [3.05, 3.63) is 70.5 Å². The second-order valence-corrected chi connectivity index (χ2v) is 6.60. The number of fused-ring (bicyclic) bond motifs is 1. The molecule has 0 aliphatic carbocycles. The van der Waals surface area contributed by atoms with Gasteiger partial charge in [-0.05, 0) is 52.7 Å². The maximum Gasteiger partial charge on any atom is 0.258 e. The van der Waals surface area contributed by atoms with Crippen LogP contribution in [-0.2, 0) is 11.3 Å². The molecule has 3 aromatic carbocycles. The van der Waals surface area contributed by atoms with Gasteiger partial charge in [-0.25, -0.2) is 4.39 Å². The van der Waals surface area contributed by atoms with Gasteiger partial charge in [0.1, 0.15) is 5.75 Å². The van der Waals surface area contributed by atoms with Gasteiger partial charge in [0, 0.05) is 11.0 Å². The van der Waals surface area contributed by atoms with Crippen molar-refractivity contribution >= 4 is 32.6 Å². The Morgan fingerprint density at radius 2 is 1.85 bits per heavy atom. The molecule has 1 N–H and O–H groups in total. The fourth-order valence-electron chi connectivity index (χ4n) is 2.50. The summed E-state index contributed by atoms with van der Waals surface area (Å²) >= 11 is 3.17. The Labute approximate surface area is 159 Å². The van der Waals surface area contributed by atoms with Crippen molar-refractivity contribution in [2.45, 2.75) is 6.54 Å². The predicted octanol–water partition coefficient (Wildman–Crippen LogP) is 4.45. The van der Waals surface area contributed by atoms with Gasteiger partial charge in [0.05, 0.1) is 7.11 Å². The molecule has 0 unspecified atom stereocenters. The van der Waals surface area contributed by atoms with Crippen LogP contribution in [0.1, 0.15) is 5.56 Å². The molecule has 0 spiro atoms. The molecule has 0 saturated carbocycles. The van der Waals surface area contributed by atoms with Gasteiger partial charge in [0.15, 0.2) is 18.2 Å². The number of carbonyl (C=O) groups excluding carboxylic acids is 1. The normalized spacial score (nSPS) is 10.6. The van der Waals surface area contributed by atoms with E-state index in [1.165, 1.54) is 12.1 Å². The first-order chi connectivity index (χ1) is 12.5. The summed E-state index contributed by atoms with van der Waals surface area (Å²) < 4.78 is 24.7. The largest absolute Gasteiger partial charge is 0.497 e. The number of nitrogens with one attached hydrogen (secondary N) is 1. The Bertz CT molecular complexity index is 945. The van der Waals surface area contributed by atoms with Crippen LogP contribution < -0.4 is 14.8 Å². The van der Waals surface area contributed by atoms with E-state index in [1.807, 2.05) is 36.4 Å². The lowest BCUT2D eigenvalue weighted by atomic mass is 10.1. The summed E-state index contributed by atoms with van der Waals surface area (Å²) in [7, 11) is 1.63. The molecule has 0 saturated heterocycles. The Hall–Kier alpha value is -2.60. The molecule has 3 aromatic rings. The average molecular weight is 418 g/mol. The van der Waals surface area contributed by atoms with Gasteiger partial charge in [-0.15, -0.1) is 0 Å². The highest BCUT2D eigenvalue weighted by Gasteiger charge is 2.08.